The molecule has 37 heavy (non-hydrogen) atoms. The fourth-order valence-corrected chi connectivity index (χ4v) is 6.99. The Morgan fingerprint density at radius 2 is 1.89 bits per heavy atom. The molecule has 1 fully saturated rings. The third kappa shape index (κ3) is 5.35. The summed E-state index contributed by atoms with van der Waals surface area (Å²) in [5.41, 5.74) is 1.55. The Labute approximate surface area is 221 Å². The van der Waals surface area contributed by atoms with Crippen molar-refractivity contribution >= 4 is 54.2 Å². The number of aromatic nitrogens is 2. The van der Waals surface area contributed by atoms with Gasteiger partial charge in [-0.25, -0.2) is 22.2 Å². The SMILES string of the molecule is O=C(C1CCN(S(=O)(=O)c2ccc(F)c(F)c2)CC1)N(Cc1cccnc1)c1nc2ccc(Cl)cc2s1. The van der Waals surface area contributed by atoms with Gasteiger partial charge in [-0.1, -0.05) is 29.0 Å². The van der Waals surface area contributed by atoms with Crippen LogP contribution in [0.4, 0.5) is 13.9 Å². The number of amides is 1. The highest BCUT2D eigenvalue weighted by molar-refractivity contribution is 7.89. The van der Waals surface area contributed by atoms with E-state index in [9.17, 15) is 22.0 Å². The van der Waals surface area contributed by atoms with Crippen molar-refractivity contribution in [2.24, 2.45) is 5.92 Å². The molecule has 1 saturated heterocycles. The molecule has 0 atom stereocenters. The third-order valence-corrected chi connectivity index (χ3v) is 9.40. The highest BCUT2D eigenvalue weighted by atomic mass is 35.5. The van der Waals surface area contributed by atoms with Gasteiger partial charge in [-0.3, -0.25) is 14.7 Å². The zero-order chi connectivity index (χ0) is 26.2. The lowest BCUT2D eigenvalue weighted by molar-refractivity contribution is -0.123. The number of hydrogen-bond acceptors (Lipinski definition) is 6. The number of pyridine rings is 1. The summed E-state index contributed by atoms with van der Waals surface area (Å²) in [6, 6.07) is 11.5. The molecule has 1 aliphatic heterocycles. The Bertz CT molecular complexity index is 1560. The number of piperidine rings is 1. The van der Waals surface area contributed by atoms with E-state index in [1.165, 1.54) is 15.6 Å². The van der Waals surface area contributed by atoms with Crippen LogP contribution in [-0.4, -0.2) is 41.7 Å². The molecule has 5 rings (SSSR count). The van der Waals surface area contributed by atoms with Gasteiger partial charge in [0, 0.05) is 36.4 Å². The van der Waals surface area contributed by atoms with E-state index in [1.807, 2.05) is 6.07 Å². The topological polar surface area (TPSA) is 83.5 Å². The molecule has 1 aliphatic rings. The number of sulfonamides is 1. The third-order valence-electron chi connectivity index (χ3n) is 6.23. The number of anilines is 1. The number of halogens is 3. The van der Waals surface area contributed by atoms with Crippen molar-refractivity contribution in [2.75, 3.05) is 18.0 Å². The van der Waals surface area contributed by atoms with Crippen molar-refractivity contribution in [3.05, 3.63) is 83.1 Å². The van der Waals surface area contributed by atoms with Crippen LogP contribution < -0.4 is 4.90 Å². The van der Waals surface area contributed by atoms with E-state index in [4.69, 9.17) is 11.6 Å². The van der Waals surface area contributed by atoms with Gasteiger partial charge >= 0.3 is 0 Å². The number of nitrogens with zero attached hydrogens (tertiary/aromatic N) is 4. The second-order valence-electron chi connectivity index (χ2n) is 8.65. The molecule has 0 bridgehead atoms. The molecule has 0 aliphatic carbocycles. The molecule has 2 aromatic carbocycles. The Balaban J connectivity index is 1.37. The molecule has 0 spiro atoms. The number of rotatable bonds is 6. The standard InChI is InChI=1S/C25H21ClF2N4O3S2/c26-18-3-6-22-23(12-18)36-25(30-22)32(15-16-2-1-9-29-14-16)24(33)17-7-10-31(11-8-17)37(34,35)19-4-5-20(27)21(28)13-19/h1-6,9,12-14,17H,7-8,10-11,15H2. The maximum atomic E-state index is 13.7. The van der Waals surface area contributed by atoms with Gasteiger partial charge in [0.1, 0.15) is 0 Å². The van der Waals surface area contributed by atoms with Crippen LogP contribution in [0.25, 0.3) is 10.2 Å². The van der Waals surface area contributed by atoms with Crippen LogP contribution in [0.15, 0.2) is 65.8 Å². The summed E-state index contributed by atoms with van der Waals surface area (Å²) >= 11 is 7.48. The molecule has 0 unspecified atom stereocenters. The lowest BCUT2D eigenvalue weighted by Gasteiger charge is -2.33. The summed E-state index contributed by atoms with van der Waals surface area (Å²) in [4.78, 5) is 23.8. The number of thiazole rings is 1. The highest BCUT2D eigenvalue weighted by Crippen LogP contribution is 2.34. The van der Waals surface area contributed by atoms with Gasteiger partial charge < -0.3 is 0 Å². The predicted octanol–water partition coefficient (Wildman–Crippen LogP) is 5.26. The quantitative estimate of drug-likeness (QED) is 0.320. The zero-order valence-electron chi connectivity index (χ0n) is 19.4. The van der Waals surface area contributed by atoms with E-state index >= 15 is 0 Å². The fraction of sp³-hybridized carbons (Fsp3) is 0.240. The monoisotopic (exact) mass is 562 g/mol. The maximum absolute atomic E-state index is 13.7. The molecule has 0 N–H and O–H groups in total. The van der Waals surface area contributed by atoms with E-state index in [0.29, 0.717) is 16.2 Å². The minimum atomic E-state index is -4.02. The van der Waals surface area contributed by atoms with Crippen LogP contribution in [0.5, 0.6) is 0 Å². The van der Waals surface area contributed by atoms with Gasteiger partial charge in [-0.05, 0) is 60.9 Å². The lowest BCUT2D eigenvalue weighted by atomic mass is 9.96. The van der Waals surface area contributed by atoms with Crippen LogP contribution in [0.1, 0.15) is 18.4 Å². The molecule has 1 amide bonds. The summed E-state index contributed by atoms with van der Waals surface area (Å²) < 4.78 is 54.9. The van der Waals surface area contributed by atoms with Gasteiger partial charge in [0.05, 0.1) is 21.7 Å². The molecule has 7 nitrogen and oxygen atoms in total. The number of carbonyl (C=O) groups is 1. The van der Waals surface area contributed by atoms with Crippen molar-refractivity contribution in [1.29, 1.82) is 0 Å². The highest BCUT2D eigenvalue weighted by Gasteiger charge is 2.35. The average molecular weight is 563 g/mol. The number of fused-ring (bicyclic) bond motifs is 1. The van der Waals surface area contributed by atoms with Gasteiger partial charge in [0.15, 0.2) is 16.8 Å². The molecule has 3 heterocycles. The van der Waals surface area contributed by atoms with Gasteiger partial charge in [-0.15, -0.1) is 0 Å². The second kappa shape index (κ2) is 10.4. The van der Waals surface area contributed by atoms with E-state index in [1.54, 1.807) is 41.6 Å². The second-order valence-corrected chi connectivity index (χ2v) is 12.0. The molecule has 2 aromatic heterocycles. The van der Waals surface area contributed by atoms with Crippen LogP contribution in [0, 0.1) is 17.6 Å². The number of hydrogen-bond donors (Lipinski definition) is 0. The normalized spacial score (nSPS) is 15.2. The smallest absolute Gasteiger partial charge is 0.243 e. The fourth-order valence-electron chi connectivity index (χ4n) is 4.27. The molecule has 12 heteroatoms. The largest absolute Gasteiger partial charge is 0.283 e. The Kier molecular flexibility index (Phi) is 7.21. The first-order valence-electron chi connectivity index (χ1n) is 11.4. The van der Waals surface area contributed by atoms with Crippen molar-refractivity contribution in [3.63, 3.8) is 0 Å². The molecule has 0 radical (unpaired) electrons. The van der Waals surface area contributed by atoms with Crippen molar-refractivity contribution in [2.45, 2.75) is 24.3 Å². The van der Waals surface area contributed by atoms with Gasteiger partial charge in [0.25, 0.3) is 0 Å². The molecule has 4 aromatic rings. The molecule has 0 saturated carbocycles. The van der Waals surface area contributed by atoms with E-state index in [-0.39, 0.29) is 43.3 Å². The van der Waals surface area contributed by atoms with E-state index in [2.05, 4.69) is 9.97 Å². The summed E-state index contributed by atoms with van der Waals surface area (Å²) in [5, 5.41) is 1.09. The first-order valence-corrected chi connectivity index (χ1v) is 14.1. The van der Waals surface area contributed by atoms with E-state index in [0.717, 1.165) is 27.9 Å². The molecular weight excluding hydrogens is 542 g/mol. The first kappa shape index (κ1) is 25.7. The number of carbonyl (C=O) groups excluding carboxylic acids is 1. The zero-order valence-corrected chi connectivity index (χ0v) is 21.7. The van der Waals surface area contributed by atoms with Gasteiger partial charge in [0.2, 0.25) is 15.9 Å². The van der Waals surface area contributed by atoms with Crippen LogP contribution in [0.2, 0.25) is 5.02 Å². The summed E-state index contributed by atoms with van der Waals surface area (Å²) in [5.74, 6) is -2.95. The van der Waals surface area contributed by atoms with Crippen LogP contribution in [0.3, 0.4) is 0 Å². The average Bonchev–Trinajstić information content (AvgIpc) is 3.32. The summed E-state index contributed by atoms with van der Waals surface area (Å²) in [7, 11) is -4.02. The summed E-state index contributed by atoms with van der Waals surface area (Å²) in [6.45, 7) is 0.412. The van der Waals surface area contributed by atoms with Crippen molar-refractivity contribution < 1.29 is 22.0 Å². The van der Waals surface area contributed by atoms with Gasteiger partial charge in [-0.2, -0.15) is 4.31 Å². The Morgan fingerprint density at radius 1 is 1.11 bits per heavy atom. The van der Waals surface area contributed by atoms with Crippen LogP contribution in [-0.2, 0) is 21.4 Å². The Hall–Kier alpha value is -2.99. The summed E-state index contributed by atoms with van der Waals surface area (Å²) in [6.07, 6.45) is 3.89. The molecular formula is C25H21ClF2N4O3S2. The van der Waals surface area contributed by atoms with E-state index < -0.39 is 27.6 Å². The Morgan fingerprint density at radius 3 is 2.59 bits per heavy atom. The maximum Gasteiger partial charge on any atom is 0.243 e. The predicted molar refractivity (Wildman–Crippen MR) is 138 cm³/mol. The number of benzene rings is 2. The lowest BCUT2D eigenvalue weighted by Crippen LogP contribution is -2.44. The van der Waals surface area contributed by atoms with Crippen molar-refractivity contribution in [1.82, 2.24) is 14.3 Å². The molecule has 192 valence electrons. The first-order chi connectivity index (χ1) is 17.7. The van der Waals surface area contributed by atoms with Crippen LogP contribution >= 0.6 is 22.9 Å². The minimum absolute atomic E-state index is 0.0773. The minimum Gasteiger partial charge on any atom is -0.283 e. The van der Waals surface area contributed by atoms with Crippen molar-refractivity contribution in [3.8, 4) is 0 Å².